The predicted molar refractivity (Wildman–Crippen MR) is 137 cm³/mol. The van der Waals surface area contributed by atoms with Crippen molar-refractivity contribution >= 4 is 22.6 Å². The van der Waals surface area contributed by atoms with Gasteiger partial charge in [0, 0.05) is 24.5 Å². The Bertz CT molecular complexity index is 1050. The first-order chi connectivity index (χ1) is 17.1. The molecule has 3 aliphatic rings. The topological polar surface area (TPSA) is 82.7 Å². The van der Waals surface area contributed by atoms with E-state index in [4.69, 9.17) is 4.74 Å². The van der Waals surface area contributed by atoms with Gasteiger partial charge in [0.15, 0.2) is 0 Å². The summed E-state index contributed by atoms with van der Waals surface area (Å²) in [7, 11) is 1.77. The molecule has 3 fully saturated rings. The number of nitrogens with zero attached hydrogens (tertiary/aromatic N) is 1. The maximum Gasteiger partial charge on any atom is 0.245 e. The van der Waals surface area contributed by atoms with Gasteiger partial charge in [0.2, 0.25) is 11.8 Å². The van der Waals surface area contributed by atoms with Crippen molar-refractivity contribution in [3.8, 4) is 5.75 Å². The molecule has 35 heavy (non-hydrogen) atoms. The van der Waals surface area contributed by atoms with Crippen LogP contribution in [0, 0.1) is 5.92 Å². The minimum atomic E-state index is -0.476. The summed E-state index contributed by atoms with van der Waals surface area (Å²) in [5, 5.41) is 12.0. The van der Waals surface area contributed by atoms with E-state index >= 15 is 0 Å². The van der Waals surface area contributed by atoms with E-state index in [0.29, 0.717) is 13.1 Å². The van der Waals surface area contributed by atoms with Gasteiger partial charge in [-0.05, 0) is 50.6 Å². The Kier molecular flexibility index (Phi) is 7.25. The van der Waals surface area contributed by atoms with Crippen molar-refractivity contribution in [3.05, 3.63) is 42.5 Å². The molecule has 0 radical (unpaired) electrons. The van der Waals surface area contributed by atoms with Gasteiger partial charge in [-0.2, -0.15) is 0 Å². The highest BCUT2D eigenvalue weighted by Crippen LogP contribution is 2.34. The summed E-state index contributed by atoms with van der Waals surface area (Å²) >= 11 is 0. The highest BCUT2D eigenvalue weighted by atomic mass is 16.5. The first-order valence-corrected chi connectivity index (χ1v) is 13.2. The molecule has 0 spiro atoms. The van der Waals surface area contributed by atoms with Crippen LogP contribution in [0.3, 0.4) is 0 Å². The second kappa shape index (κ2) is 10.5. The molecule has 1 saturated carbocycles. The Hall–Kier alpha value is -2.64. The number of carbonyl (C=O) groups excluding carboxylic acids is 2. The van der Waals surface area contributed by atoms with Crippen molar-refractivity contribution in [2.75, 3.05) is 20.1 Å². The first-order valence-electron chi connectivity index (χ1n) is 13.2. The highest BCUT2D eigenvalue weighted by molar-refractivity contribution is 5.90. The summed E-state index contributed by atoms with van der Waals surface area (Å²) in [4.78, 5) is 28.9. The molecule has 0 aromatic heterocycles. The Morgan fingerprint density at radius 3 is 2.63 bits per heavy atom. The number of rotatable bonds is 7. The van der Waals surface area contributed by atoms with Crippen LogP contribution in [0.4, 0.5) is 0 Å². The fourth-order valence-corrected chi connectivity index (χ4v) is 6.15. The lowest BCUT2D eigenvalue weighted by molar-refractivity contribution is -0.140. The number of carbonyl (C=O) groups is 2. The largest absolute Gasteiger partial charge is 0.486 e. The van der Waals surface area contributed by atoms with E-state index in [9.17, 15) is 9.59 Å². The number of amides is 2. The highest BCUT2D eigenvalue weighted by Gasteiger charge is 2.49. The van der Waals surface area contributed by atoms with Gasteiger partial charge in [0.05, 0.1) is 12.1 Å². The molecule has 0 unspecified atom stereocenters. The molecular weight excluding hydrogens is 440 g/mol. The van der Waals surface area contributed by atoms with Crippen molar-refractivity contribution in [1.29, 1.82) is 0 Å². The molecule has 2 heterocycles. The maximum atomic E-state index is 14.1. The van der Waals surface area contributed by atoms with Crippen LogP contribution in [0.15, 0.2) is 42.5 Å². The van der Waals surface area contributed by atoms with Crippen LogP contribution < -0.4 is 20.7 Å². The van der Waals surface area contributed by atoms with Gasteiger partial charge in [-0.1, -0.05) is 55.7 Å². The molecule has 0 bridgehead atoms. The van der Waals surface area contributed by atoms with E-state index in [-0.39, 0.29) is 42.0 Å². The predicted octanol–water partition coefficient (Wildman–Crippen LogP) is 2.83. The van der Waals surface area contributed by atoms with Crippen molar-refractivity contribution < 1.29 is 14.3 Å². The van der Waals surface area contributed by atoms with Crippen LogP contribution in [-0.4, -0.2) is 67.1 Å². The van der Waals surface area contributed by atoms with Gasteiger partial charge in [-0.3, -0.25) is 9.59 Å². The zero-order valence-corrected chi connectivity index (χ0v) is 20.8. The molecule has 2 aliphatic heterocycles. The van der Waals surface area contributed by atoms with E-state index < -0.39 is 6.04 Å². The van der Waals surface area contributed by atoms with Crippen LogP contribution >= 0.6 is 0 Å². The normalized spacial score (nSPS) is 26.3. The molecule has 2 amide bonds. The summed E-state index contributed by atoms with van der Waals surface area (Å²) in [5.41, 5.74) is 0. The second-order valence-electron chi connectivity index (χ2n) is 10.4. The minimum Gasteiger partial charge on any atom is -0.486 e. The smallest absolute Gasteiger partial charge is 0.245 e. The average Bonchev–Trinajstić information content (AvgIpc) is 3.50. The third kappa shape index (κ3) is 4.89. The number of likely N-dealkylation sites (tertiary alicyclic amines) is 1. The fourth-order valence-electron chi connectivity index (χ4n) is 6.15. The summed E-state index contributed by atoms with van der Waals surface area (Å²) in [5.74, 6) is 0.987. The van der Waals surface area contributed by atoms with Crippen LogP contribution in [0.2, 0.25) is 0 Å². The Balaban J connectivity index is 1.37. The molecule has 1 aliphatic carbocycles. The number of likely N-dealkylation sites (N-methyl/N-ethyl adjacent to an activating group) is 1. The van der Waals surface area contributed by atoms with Gasteiger partial charge < -0.3 is 25.6 Å². The molecule has 2 aromatic carbocycles. The number of fused-ring (bicyclic) bond motifs is 2. The molecule has 188 valence electrons. The van der Waals surface area contributed by atoms with Crippen molar-refractivity contribution in [3.63, 3.8) is 0 Å². The molecule has 3 N–H and O–H groups in total. The Morgan fingerprint density at radius 1 is 1.06 bits per heavy atom. The number of benzene rings is 2. The molecular formula is C28H38N4O3. The number of nitrogens with one attached hydrogen (secondary N) is 3. The van der Waals surface area contributed by atoms with E-state index in [1.165, 1.54) is 6.42 Å². The summed E-state index contributed by atoms with van der Waals surface area (Å²) in [6.07, 6.45) is 6.19. The van der Waals surface area contributed by atoms with Crippen LogP contribution in [0.25, 0.3) is 10.8 Å². The van der Waals surface area contributed by atoms with E-state index in [0.717, 1.165) is 48.6 Å². The van der Waals surface area contributed by atoms with E-state index in [1.54, 1.807) is 7.05 Å². The van der Waals surface area contributed by atoms with Gasteiger partial charge in [0.25, 0.3) is 0 Å². The van der Waals surface area contributed by atoms with Crippen LogP contribution in [-0.2, 0) is 9.59 Å². The SMILES string of the molecule is CN[C@@H](C)C(=O)N[C@H](C(=O)N1CC[C@H]2NC[C@H](Oc3cccc4ccccc34)[C@H]21)C1CCCCC1. The molecule has 5 atom stereocenters. The van der Waals surface area contributed by atoms with Crippen molar-refractivity contribution in [2.45, 2.75) is 75.7 Å². The Labute approximate surface area is 208 Å². The zero-order valence-electron chi connectivity index (χ0n) is 20.8. The van der Waals surface area contributed by atoms with E-state index in [1.807, 2.05) is 36.1 Å². The molecule has 7 nitrogen and oxygen atoms in total. The van der Waals surface area contributed by atoms with Gasteiger partial charge >= 0.3 is 0 Å². The van der Waals surface area contributed by atoms with Crippen molar-refractivity contribution in [2.24, 2.45) is 5.92 Å². The molecule has 7 heteroatoms. The standard InChI is InChI=1S/C28H38N4O3/c1-18(29-2)27(33)31-25(20-10-4-3-5-11-20)28(34)32-16-15-22-26(32)24(17-30-22)35-23-14-8-12-19-9-6-7-13-21(19)23/h6-9,12-14,18,20,22,24-26,29-30H,3-5,10-11,15-17H2,1-2H3,(H,31,33)/t18-,22+,24-,25-,26-/m0/s1. The lowest BCUT2D eigenvalue weighted by Crippen LogP contribution is -2.58. The van der Waals surface area contributed by atoms with Gasteiger partial charge in [-0.15, -0.1) is 0 Å². The summed E-state index contributed by atoms with van der Waals surface area (Å²) in [6, 6.07) is 13.7. The monoisotopic (exact) mass is 478 g/mol. The quantitative estimate of drug-likeness (QED) is 0.570. The minimum absolute atomic E-state index is 0.0359. The first kappa shape index (κ1) is 24.1. The summed E-state index contributed by atoms with van der Waals surface area (Å²) < 4.78 is 6.59. The Morgan fingerprint density at radius 2 is 1.83 bits per heavy atom. The third-order valence-corrected chi connectivity index (χ3v) is 8.24. The summed E-state index contributed by atoms with van der Waals surface area (Å²) in [6.45, 7) is 3.23. The number of hydrogen-bond acceptors (Lipinski definition) is 5. The second-order valence-corrected chi connectivity index (χ2v) is 10.4. The third-order valence-electron chi connectivity index (χ3n) is 8.24. The van der Waals surface area contributed by atoms with E-state index in [2.05, 4.69) is 34.1 Å². The lowest BCUT2D eigenvalue weighted by Gasteiger charge is -2.36. The van der Waals surface area contributed by atoms with Crippen LogP contribution in [0.5, 0.6) is 5.75 Å². The fraction of sp³-hybridized carbons (Fsp3) is 0.571. The zero-order chi connectivity index (χ0) is 24.4. The average molecular weight is 479 g/mol. The van der Waals surface area contributed by atoms with Crippen LogP contribution in [0.1, 0.15) is 45.4 Å². The molecule has 2 aromatic rings. The maximum absolute atomic E-state index is 14.1. The number of hydrogen-bond donors (Lipinski definition) is 3. The molecule has 2 saturated heterocycles. The number of ether oxygens (including phenoxy) is 1. The lowest BCUT2D eigenvalue weighted by atomic mass is 9.83. The molecule has 5 rings (SSSR count). The van der Waals surface area contributed by atoms with Crippen molar-refractivity contribution in [1.82, 2.24) is 20.9 Å². The van der Waals surface area contributed by atoms with Gasteiger partial charge in [-0.25, -0.2) is 0 Å². The van der Waals surface area contributed by atoms with Gasteiger partial charge in [0.1, 0.15) is 17.9 Å².